The van der Waals surface area contributed by atoms with Crippen LogP contribution in [0, 0.1) is 5.92 Å². The minimum atomic E-state index is -0.275. The lowest BCUT2D eigenvalue weighted by atomic mass is 9.97. The van der Waals surface area contributed by atoms with E-state index in [1.54, 1.807) is 0 Å². The molecule has 0 aromatic heterocycles. The van der Waals surface area contributed by atoms with Gasteiger partial charge in [0.2, 0.25) is 0 Å². The summed E-state index contributed by atoms with van der Waals surface area (Å²) in [6.45, 7) is 6.29. The number of benzene rings is 2. The minimum Gasteiger partial charge on any atom is -0.371 e. The number of piperidine rings is 1. The Labute approximate surface area is 184 Å². The van der Waals surface area contributed by atoms with E-state index in [0.29, 0.717) is 17.8 Å². The summed E-state index contributed by atoms with van der Waals surface area (Å²) in [5.41, 5.74) is 3.36. The van der Waals surface area contributed by atoms with E-state index in [2.05, 4.69) is 22.5 Å². The second kappa shape index (κ2) is 9.86. The molecular formula is C25H32N4O2. The minimum absolute atomic E-state index is 0.0689. The third kappa shape index (κ3) is 5.37. The van der Waals surface area contributed by atoms with Crippen LogP contribution in [0.4, 0.5) is 16.2 Å². The smallest absolute Gasteiger partial charge is 0.319 e. The van der Waals surface area contributed by atoms with Crippen LogP contribution < -0.4 is 15.5 Å². The van der Waals surface area contributed by atoms with Crippen molar-refractivity contribution in [3.8, 4) is 0 Å². The molecule has 2 saturated heterocycles. The second-order valence-electron chi connectivity index (χ2n) is 8.69. The van der Waals surface area contributed by atoms with Gasteiger partial charge in [-0.2, -0.15) is 0 Å². The largest absolute Gasteiger partial charge is 0.371 e. The standard InChI is InChI=1S/C25H32N4O2/c1-19-11-15-28(16-12-19)23-10-9-21(17-22(23)24(30)29-13-5-6-14-29)27-25(31)26-18-20-7-3-2-4-8-20/h2-4,7-10,17,19H,5-6,11-16,18H2,1H3,(H2,26,27,31). The van der Waals surface area contributed by atoms with Crippen LogP contribution in [0.3, 0.4) is 0 Å². The molecule has 2 aromatic rings. The molecule has 3 amide bonds. The van der Waals surface area contributed by atoms with E-state index in [1.165, 1.54) is 0 Å². The Morgan fingerprint density at radius 1 is 0.968 bits per heavy atom. The Morgan fingerprint density at radius 2 is 1.68 bits per heavy atom. The molecule has 4 rings (SSSR count). The van der Waals surface area contributed by atoms with E-state index in [4.69, 9.17) is 0 Å². The van der Waals surface area contributed by atoms with Crippen molar-refractivity contribution in [2.24, 2.45) is 5.92 Å². The Bertz CT molecular complexity index is 901. The summed E-state index contributed by atoms with van der Waals surface area (Å²) in [4.78, 5) is 30.0. The average Bonchev–Trinajstić information content (AvgIpc) is 3.34. The van der Waals surface area contributed by atoms with Gasteiger partial charge in [-0.05, 0) is 55.4 Å². The molecule has 0 spiro atoms. The van der Waals surface area contributed by atoms with Crippen LogP contribution in [0.15, 0.2) is 48.5 Å². The SMILES string of the molecule is CC1CCN(c2ccc(NC(=O)NCc3ccccc3)cc2C(=O)N2CCCC2)CC1. The number of anilines is 2. The lowest BCUT2D eigenvalue weighted by molar-refractivity contribution is 0.0793. The Kier molecular flexibility index (Phi) is 6.75. The van der Waals surface area contributed by atoms with Crippen LogP contribution in [0.1, 0.15) is 48.5 Å². The molecule has 0 bridgehead atoms. The molecule has 6 nitrogen and oxygen atoms in total. The fourth-order valence-electron chi connectivity index (χ4n) is 4.35. The van der Waals surface area contributed by atoms with Crippen LogP contribution in [0.5, 0.6) is 0 Å². The van der Waals surface area contributed by atoms with Gasteiger partial charge in [0, 0.05) is 44.1 Å². The summed E-state index contributed by atoms with van der Waals surface area (Å²) < 4.78 is 0. The normalized spacial score (nSPS) is 16.9. The van der Waals surface area contributed by atoms with E-state index in [-0.39, 0.29) is 11.9 Å². The predicted molar refractivity (Wildman–Crippen MR) is 124 cm³/mol. The van der Waals surface area contributed by atoms with Crippen LogP contribution in [0.25, 0.3) is 0 Å². The first-order valence-electron chi connectivity index (χ1n) is 11.4. The van der Waals surface area contributed by atoms with Crippen LogP contribution in [0.2, 0.25) is 0 Å². The highest BCUT2D eigenvalue weighted by Gasteiger charge is 2.26. The highest BCUT2D eigenvalue weighted by Crippen LogP contribution is 2.30. The first kappa shape index (κ1) is 21.2. The van der Waals surface area contributed by atoms with Gasteiger partial charge in [0.15, 0.2) is 0 Å². The highest BCUT2D eigenvalue weighted by atomic mass is 16.2. The van der Waals surface area contributed by atoms with Crippen molar-refractivity contribution >= 4 is 23.3 Å². The Morgan fingerprint density at radius 3 is 2.39 bits per heavy atom. The summed E-state index contributed by atoms with van der Waals surface area (Å²) in [6.07, 6.45) is 4.39. The molecule has 0 unspecified atom stereocenters. The van der Waals surface area contributed by atoms with Crippen molar-refractivity contribution in [3.63, 3.8) is 0 Å². The molecule has 0 aliphatic carbocycles. The molecule has 2 heterocycles. The molecule has 164 valence electrons. The number of amides is 3. The van der Waals surface area contributed by atoms with Gasteiger partial charge in [0.1, 0.15) is 0 Å². The third-order valence-electron chi connectivity index (χ3n) is 6.30. The fraction of sp³-hybridized carbons (Fsp3) is 0.440. The van der Waals surface area contributed by atoms with Crippen molar-refractivity contribution in [2.75, 3.05) is 36.4 Å². The number of likely N-dealkylation sites (tertiary alicyclic amines) is 1. The van der Waals surface area contributed by atoms with E-state index < -0.39 is 0 Å². The summed E-state index contributed by atoms with van der Waals surface area (Å²) >= 11 is 0. The summed E-state index contributed by atoms with van der Waals surface area (Å²) in [6, 6.07) is 15.3. The van der Waals surface area contributed by atoms with E-state index in [0.717, 1.165) is 69.0 Å². The summed E-state index contributed by atoms with van der Waals surface area (Å²) in [5, 5.41) is 5.77. The van der Waals surface area contributed by atoms with Crippen molar-refractivity contribution in [2.45, 2.75) is 39.2 Å². The summed E-state index contributed by atoms with van der Waals surface area (Å²) in [5.74, 6) is 0.794. The first-order chi connectivity index (χ1) is 15.1. The van der Waals surface area contributed by atoms with Crippen LogP contribution in [-0.2, 0) is 6.54 Å². The second-order valence-corrected chi connectivity index (χ2v) is 8.69. The number of hydrogen-bond acceptors (Lipinski definition) is 3. The number of carbonyl (C=O) groups excluding carboxylic acids is 2. The molecule has 2 N–H and O–H groups in total. The maximum atomic E-state index is 13.3. The van der Waals surface area contributed by atoms with E-state index in [9.17, 15) is 9.59 Å². The number of nitrogens with zero attached hydrogens (tertiary/aromatic N) is 2. The number of rotatable bonds is 5. The van der Waals surface area contributed by atoms with E-state index in [1.807, 2.05) is 53.4 Å². The van der Waals surface area contributed by atoms with Gasteiger partial charge < -0.3 is 20.4 Å². The van der Waals surface area contributed by atoms with Crippen molar-refractivity contribution in [1.29, 1.82) is 0 Å². The topological polar surface area (TPSA) is 64.7 Å². The zero-order valence-corrected chi connectivity index (χ0v) is 18.3. The maximum Gasteiger partial charge on any atom is 0.319 e. The van der Waals surface area contributed by atoms with Gasteiger partial charge in [-0.3, -0.25) is 4.79 Å². The van der Waals surface area contributed by atoms with Crippen molar-refractivity contribution in [3.05, 3.63) is 59.7 Å². The van der Waals surface area contributed by atoms with E-state index >= 15 is 0 Å². The maximum absolute atomic E-state index is 13.3. The number of hydrogen-bond donors (Lipinski definition) is 2. The third-order valence-corrected chi connectivity index (χ3v) is 6.30. The number of nitrogens with one attached hydrogen (secondary N) is 2. The molecule has 31 heavy (non-hydrogen) atoms. The predicted octanol–water partition coefficient (Wildman–Crippen LogP) is 4.48. The quantitative estimate of drug-likeness (QED) is 0.750. The first-order valence-corrected chi connectivity index (χ1v) is 11.4. The van der Waals surface area contributed by atoms with Gasteiger partial charge in [-0.15, -0.1) is 0 Å². The molecular weight excluding hydrogens is 388 g/mol. The Hall–Kier alpha value is -3.02. The lowest BCUT2D eigenvalue weighted by Gasteiger charge is -2.34. The lowest BCUT2D eigenvalue weighted by Crippen LogP contribution is -2.36. The van der Waals surface area contributed by atoms with Gasteiger partial charge >= 0.3 is 6.03 Å². The van der Waals surface area contributed by atoms with Gasteiger partial charge in [0.05, 0.1) is 5.56 Å². The molecule has 2 aromatic carbocycles. The van der Waals surface area contributed by atoms with Crippen LogP contribution in [-0.4, -0.2) is 43.0 Å². The number of carbonyl (C=O) groups is 2. The molecule has 2 aliphatic rings. The molecule has 2 fully saturated rings. The molecule has 2 aliphatic heterocycles. The fourth-order valence-corrected chi connectivity index (χ4v) is 4.35. The number of urea groups is 1. The molecule has 6 heteroatoms. The van der Waals surface area contributed by atoms with Gasteiger partial charge in [-0.1, -0.05) is 37.3 Å². The highest BCUT2D eigenvalue weighted by molar-refractivity contribution is 6.02. The van der Waals surface area contributed by atoms with Crippen LogP contribution >= 0.6 is 0 Å². The zero-order chi connectivity index (χ0) is 21.6. The van der Waals surface area contributed by atoms with Gasteiger partial charge in [-0.25, -0.2) is 4.79 Å². The van der Waals surface area contributed by atoms with Crippen molar-refractivity contribution in [1.82, 2.24) is 10.2 Å². The van der Waals surface area contributed by atoms with Gasteiger partial charge in [0.25, 0.3) is 5.91 Å². The summed E-state index contributed by atoms with van der Waals surface area (Å²) in [7, 11) is 0. The average molecular weight is 421 g/mol. The Balaban J connectivity index is 1.49. The van der Waals surface area contributed by atoms with Crippen molar-refractivity contribution < 1.29 is 9.59 Å². The molecule has 0 radical (unpaired) electrons. The molecule has 0 saturated carbocycles. The molecule has 0 atom stereocenters. The zero-order valence-electron chi connectivity index (χ0n) is 18.3. The monoisotopic (exact) mass is 420 g/mol.